The lowest BCUT2D eigenvalue weighted by atomic mass is 9.99. The summed E-state index contributed by atoms with van der Waals surface area (Å²) in [6, 6.07) is 36.4. The van der Waals surface area contributed by atoms with Crippen LogP contribution in [0.15, 0.2) is 109 Å². The predicted octanol–water partition coefficient (Wildman–Crippen LogP) is 5.54. The fourth-order valence-corrected chi connectivity index (χ4v) is 6.11. The van der Waals surface area contributed by atoms with Crippen LogP contribution in [0.1, 0.15) is 52.2 Å². The summed E-state index contributed by atoms with van der Waals surface area (Å²) in [4.78, 5) is 17.4. The molecule has 0 aromatic heterocycles. The van der Waals surface area contributed by atoms with Crippen molar-refractivity contribution < 1.29 is 19.4 Å². The number of aliphatic hydroxyl groups excluding tert-OH is 1. The van der Waals surface area contributed by atoms with Crippen LogP contribution >= 0.6 is 0 Å². The normalized spacial score (nSPS) is 20.7. The highest BCUT2D eigenvalue weighted by molar-refractivity contribution is 5.73. The molecule has 46 heavy (non-hydrogen) atoms. The van der Waals surface area contributed by atoms with Crippen molar-refractivity contribution in [3.8, 4) is 0 Å². The second-order valence-electron chi connectivity index (χ2n) is 12.2. The Morgan fingerprint density at radius 3 is 1.83 bits per heavy atom. The molecule has 4 aromatic rings. The van der Waals surface area contributed by atoms with Crippen LogP contribution in [-0.2, 0) is 35.7 Å². The van der Waals surface area contributed by atoms with Gasteiger partial charge in [0, 0.05) is 64.3 Å². The molecule has 2 fully saturated rings. The summed E-state index contributed by atoms with van der Waals surface area (Å²) >= 11 is 0. The second kappa shape index (κ2) is 16.0. The Kier molecular flexibility index (Phi) is 11.1. The van der Waals surface area contributed by atoms with E-state index in [-0.39, 0.29) is 24.8 Å². The van der Waals surface area contributed by atoms with Crippen LogP contribution in [0.4, 0.5) is 4.79 Å². The SMILES string of the molecule is O=C(NCc1ccccc1)NCc1ccc(C2OC(CN3CCN(Cc4ccccc4)CC3)CC(c3ccc(CO)cc3)O2)cc1. The lowest BCUT2D eigenvalue weighted by molar-refractivity contribution is -0.253. The van der Waals surface area contributed by atoms with Gasteiger partial charge in [0.2, 0.25) is 0 Å². The van der Waals surface area contributed by atoms with Crippen molar-refractivity contribution in [2.45, 2.75) is 51.2 Å². The number of ether oxygens (including phenoxy) is 2. The maximum Gasteiger partial charge on any atom is 0.315 e. The number of carbonyl (C=O) groups is 1. The van der Waals surface area contributed by atoms with E-state index >= 15 is 0 Å². The zero-order chi connectivity index (χ0) is 31.6. The number of carbonyl (C=O) groups excluding carboxylic acids is 1. The van der Waals surface area contributed by atoms with E-state index < -0.39 is 6.29 Å². The number of hydrogen-bond acceptors (Lipinski definition) is 6. The summed E-state index contributed by atoms with van der Waals surface area (Å²) in [6.45, 7) is 6.85. The first-order valence-corrected chi connectivity index (χ1v) is 16.2. The van der Waals surface area contributed by atoms with E-state index in [9.17, 15) is 9.90 Å². The van der Waals surface area contributed by atoms with Gasteiger partial charge in [0.05, 0.1) is 18.8 Å². The van der Waals surface area contributed by atoms with Gasteiger partial charge in [-0.25, -0.2) is 4.79 Å². The third-order valence-electron chi connectivity index (χ3n) is 8.79. The summed E-state index contributed by atoms with van der Waals surface area (Å²) in [5.41, 5.74) is 6.33. The van der Waals surface area contributed by atoms with E-state index in [1.807, 2.05) is 66.7 Å². The molecular formula is C38H44N4O4. The first-order chi connectivity index (χ1) is 22.6. The molecule has 3 unspecified atom stereocenters. The highest BCUT2D eigenvalue weighted by Gasteiger charge is 2.33. The van der Waals surface area contributed by atoms with Crippen LogP contribution < -0.4 is 10.6 Å². The first-order valence-electron chi connectivity index (χ1n) is 16.2. The predicted molar refractivity (Wildman–Crippen MR) is 179 cm³/mol. The quantitative estimate of drug-likeness (QED) is 0.204. The molecule has 8 nitrogen and oxygen atoms in total. The Morgan fingerprint density at radius 2 is 1.20 bits per heavy atom. The Labute approximate surface area is 272 Å². The summed E-state index contributed by atoms with van der Waals surface area (Å²) < 4.78 is 13.2. The number of hydrogen-bond donors (Lipinski definition) is 3. The molecular weight excluding hydrogens is 576 g/mol. The number of benzene rings is 4. The molecule has 0 bridgehead atoms. The van der Waals surface area contributed by atoms with Gasteiger partial charge in [-0.05, 0) is 27.8 Å². The van der Waals surface area contributed by atoms with E-state index in [0.717, 1.165) is 73.5 Å². The van der Waals surface area contributed by atoms with Crippen LogP contribution in [-0.4, -0.2) is 59.8 Å². The molecule has 2 heterocycles. The number of rotatable bonds is 11. The highest BCUT2D eigenvalue weighted by Crippen LogP contribution is 2.38. The Hall–Kier alpha value is -4.05. The minimum atomic E-state index is -0.503. The molecule has 0 aliphatic carbocycles. The third-order valence-corrected chi connectivity index (χ3v) is 8.79. The Bertz CT molecular complexity index is 1490. The van der Waals surface area contributed by atoms with E-state index in [4.69, 9.17) is 9.47 Å². The van der Waals surface area contributed by atoms with Gasteiger partial charge in [-0.3, -0.25) is 9.80 Å². The lowest BCUT2D eigenvalue weighted by Gasteiger charge is -2.40. The highest BCUT2D eigenvalue weighted by atomic mass is 16.7. The van der Waals surface area contributed by atoms with Gasteiger partial charge in [0.1, 0.15) is 0 Å². The largest absolute Gasteiger partial charge is 0.392 e. The summed E-state index contributed by atoms with van der Waals surface area (Å²) in [5, 5.41) is 15.4. The molecule has 4 aromatic carbocycles. The average molecular weight is 621 g/mol. The standard InChI is InChI=1S/C38H44N4O4/c43-28-32-13-15-33(16-14-32)36-23-35(27-42-21-19-41(20-22-42)26-31-9-5-2-6-10-31)45-37(46-36)34-17-11-30(12-18-34)25-40-38(44)39-24-29-7-3-1-4-8-29/h1-18,35-37,43H,19-28H2,(H2,39,40,44). The molecule has 8 heteroatoms. The van der Waals surface area contributed by atoms with Crippen LogP contribution in [0.3, 0.4) is 0 Å². The Balaban J connectivity index is 1.05. The van der Waals surface area contributed by atoms with Gasteiger partial charge in [-0.15, -0.1) is 0 Å². The number of urea groups is 1. The first kappa shape index (κ1) is 31.9. The number of nitrogens with one attached hydrogen (secondary N) is 2. The molecule has 2 aliphatic heterocycles. The number of aliphatic hydroxyl groups is 1. The van der Waals surface area contributed by atoms with Gasteiger partial charge in [0.15, 0.2) is 6.29 Å². The van der Waals surface area contributed by atoms with Crippen molar-refractivity contribution in [2.24, 2.45) is 0 Å². The van der Waals surface area contributed by atoms with Crippen LogP contribution in [0, 0.1) is 0 Å². The zero-order valence-electron chi connectivity index (χ0n) is 26.3. The van der Waals surface area contributed by atoms with E-state index in [0.29, 0.717) is 13.1 Å². The monoisotopic (exact) mass is 620 g/mol. The molecule has 6 rings (SSSR count). The van der Waals surface area contributed by atoms with Crippen molar-refractivity contribution >= 4 is 6.03 Å². The molecule has 3 atom stereocenters. The fourth-order valence-electron chi connectivity index (χ4n) is 6.11. The maximum absolute atomic E-state index is 12.3. The van der Waals surface area contributed by atoms with Crippen molar-refractivity contribution in [1.29, 1.82) is 0 Å². The van der Waals surface area contributed by atoms with Crippen LogP contribution in [0.2, 0.25) is 0 Å². The van der Waals surface area contributed by atoms with Gasteiger partial charge >= 0.3 is 6.03 Å². The van der Waals surface area contributed by atoms with Gasteiger partial charge in [-0.2, -0.15) is 0 Å². The van der Waals surface area contributed by atoms with Crippen molar-refractivity contribution in [3.05, 3.63) is 143 Å². The van der Waals surface area contributed by atoms with E-state index in [1.165, 1.54) is 5.56 Å². The molecule has 0 spiro atoms. The molecule has 2 saturated heterocycles. The van der Waals surface area contributed by atoms with Gasteiger partial charge < -0.3 is 25.2 Å². The van der Waals surface area contributed by atoms with Crippen molar-refractivity contribution in [1.82, 2.24) is 20.4 Å². The van der Waals surface area contributed by atoms with E-state index in [1.54, 1.807) is 0 Å². The number of amides is 2. The molecule has 0 radical (unpaired) electrons. The summed E-state index contributed by atoms with van der Waals surface area (Å²) in [6.07, 6.45) is 0.151. The number of nitrogens with zero attached hydrogens (tertiary/aromatic N) is 2. The maximum atomic E-state index is 12.3. The van der Waals surface area contributed by atoms with Crippen LogP contribution in [0.25, 0.3) is 0 Å². The molecule has 3 N–H and O–H groups in total. The minimum Gasteiger partial charge on any atom is -0.392 e. The average Bonchev–Trinajstić information content (AvgIpc) is 3.12. The van der Waals surface area contributed by atoms with Crippen LogP contribution in [0.5, 0.6) is 0 Å². The molecule has 0 saturated carbocycles. The smallest absolute Gasteiger partial charge is 0.315 e. The molecule has 2 amide bonds. The number of piperazine rings is 1. The van der Waals surface area contributed by atoms with Crippen molar-refractivity contribution in [2.75, 3.05) is 32.7 Å². The third kappa shape index (κ3) is 9.02. The topological polar surface area (TPSA) is 86.3 Å². The fraction of sp³-hybridized carbons (Fsp3) is 0.342. The van der Waals surface area contributed by atoms with Crippen molar-refractivity contribution in [3.63, 3.8) is 0 Å². The van der Waals surface area contributed by atoms with Gasteiger partial charge in [0.25, 0.3) is 0 Å². The van der Waals surface area contributed by atoms with Gasteiger partial charge in [-0.1, -0.05) is 109 Å². The summed E-state index contributed by atoms with van der Waals surface area (Å²) in [5.74, 6) is 0. The Morgan fingerprint density at radius 1 is 0.652 bits per heavy atom. The summed E-state index contributed by atoms with van der Waals surface area (Å²) in [7, 11) is 0. The molecule has 240 valence electrons. The van der Waals surface area contributed by atoms with E-state index in [2.05, 4.69) is 62.9 Å². The molecule has 2 aliphatic rings. The minimum absolute atomic E-state index is 0.0107. The lowest BCUT2D eigenvalue weighted by Crippen LogP contribution is -2.49. The zero-order valence-corrected chi connectivity index (χ0v) is 26.3. The second-order valence-corrected chi connectivity index (χ2v) is 12.2.